The molecule has 0 amide bonds. The van der Waals surface area contributed by atoms with Crippen molar-refractivity contribution in [2.24, 2.45) is 0 Å². The lowest BCUT2D eigenvalue weighted by molar-refractivity contribution is 0.166. The van der Waals surface area contributed by atoms with Crippen LogP contribution < -0.4 is 10.6 Å². The molecule has 0 spiro atoms. The average Bonchev–Trinajstić information content (AvgIpc) is 3.23. The number of H-pyrrole nitrogens is 1. The molecule has 6 nitrogen and oxygen atoms in total. The number of nitrogens with one attached hydrogen (secondary N) is 3. The van der Waals surface area contributed by atoms with Crippen LogP contribution in [0.15, 0.2) is 55.6 Å². The predicted octanol–water partition coefficient (Wildman–Crippen LogP) is 5.57. The van der Waals surface area contributed by atoms with Crippen LogP contribution in [0.3, 0.4) is 0 Å². The van der Waals surface area contributed by atoms with Crippen LogP contribution >= 0.6 is 0 Å². The zero-order valence-corrected chi connectivity index (χ0v) is 19.1. The summed E-state index contributed by atoms with van der Waals surface area (Å²) in [5, 5.41) is 7.39. The van der Waals surface area contributed by atoms with Gasteiger partial charge in [-0.2, -0.15) is 9.97 Å². The van der Waals surface area contributed by atoms with Crippen LogP contribution in [0.2, 0.25) is 0 Å². The number of hydrogen-bond donors (Lipinski definition) is 3. The lowest BCUT2D eigenvalue weighted by atomic mass is 10.0. The quantitative estimate of drug-likeness (QED) is 0.481. The van der Waals surface area contributed by atoms with E-state index in [9.17, 15) is 4.39 Å². The second kappa shape index (κ2) is 11.3. The molecule has 168 valence electrons. The molecule has 2 atom stereocenters. The second-order valence-electron chi connectivity index (χ2n) is 7.06. The van der Waals surface area contributed by atoms with Crippen molar-refractivity contribution >= 4 is 22.8 Å². The molecular formula is C24H35FN6. The Morgan fingerprint density at radius 2 is 2.06 bits per heavy atom. The molecule has 2 aromatic rings. The van der Waals surface area contributed by atoms with E-state index in [2.05, 4.69) is 52.2 Å². The van der Waals surface area contributed by atoms with E-state index in [4.69, 9.17) is 0 Å². The van der Waals surface area contributed by atoms with Crippen molar-refractivity contribution < 1.29 is 4.39 Å². The number of piperidine rings is 1. The van der Waals surface area contributed by atoms with Crippen LogP contribution in [-0.2, 0) is 6.42 Å². The molecule has 0 aliphatic carbocycles. The molecule has 7 heteroatoms. The Morgan fingerprint density at radius 3 is 2.68 bits per heavy atom. The van der Waals surface area contributed by atoms with Gasteiger partial charge in [-0.15, -0.1) is 0 Å². The first kappa shape index (κ1) is 24.2. The van der Waals surface area contributed by atoms with Gasteiger partial charge in [0, 0.05) is 30.7 Å². The zero-order valence-electron chi connectivity index (χ0n) is 19.1. The van der Waals surface area contributed by atoms with Gasteiger partial charge >= 0.3 is 0 Å². The molecule has 3 rings (SSSR count). The van der Waals surface area contributed by atoms with Crippen molar-refractivity contribution in [3.63, 3.8) is 0 Å². The summed E-state index contributed by atoms with van der Waals surface area (Å²) >= 11 is 0. The highest BCUT2D eigenvalue weighted by Gasteiger charge is 2.30. The molecule has 1 aliphatic heterocycles. The number of aromatic amines is 1. The van der Waals surface area contributed by atoms with E-state index in [0.29, 0.717) is 36.9 Å². The summed E-state index contributed by atoms with van der Waals surface area (Å²) in [6.07, 6.45) is 7.49. The second-order valence-corrected chi connectivity index (χ2v) is 7.06. The molecule has 3 heterocycles. The highest BCUT2D eigenvalue weighted by molar-refractivity contribution is 5.91. The predicted molar refractivity (Wildman–Crippen MR) is 130 cm³/mol. The molecule has 0 radical (unpaired) electrons. The fourth-order valence-corrected chi connectivity index (χ4v) is 3.53. The van der Waals surface area contributed by atoms with Crippen LogP contribution in [0, 0.1) is 0 Å². The third kappa shape index (κ3) is 5.54. The number of allylic oxidation sites excluding steroid dienone is 3. The maximum Gasteiger partial charge on any atom is 0.231 e. The van der Waals surface area contributed by atoms with Gasteiger partial charge < -0.3 is 20.5 Å². The van der Waals surface area contributed by atoms with E-state index in [-0.39, 0.29) is 0 Å². The summed E-state index contributed by atoms with van der Waals surface area (Å²) in [7, 11) is 0. The van der Waals surface area contributed by atoms with E-state index in [1.54, 1.807) is 12.2 Å². The van der Waals surface area contributed by atoms with Crippen LogP contribution in [0.1, 0.15) is 39.7 Å². The van der Waals surface area contributed by atoms with E-state index in [1.807, 2.05) is 37.9 Å². The van der Waals surface area contributed by atoms with Crippen molar-refractivity contribution in [3.05, 3.63) is 61.1 Å². The van der Waals surface area contributed by atoms with Gasteiger partial charge in [0.15, 0.2) is 0 Å². The molecule has 31 heavy (non-hydrogen) atoms. The zero-order chi connectivity index (χ0) is 23.0. The smallest absolute Gasteiger partial charge is 0.231 e. The molecule has 2 aromatic heterocycles. The summed E-state index contributed by atoms with van der Waals surface area (Å²) in [5.41, 5.74) is 3.40. The Bertz CT molecular complexity index is 945. The minimum absolute atomic E-state index is 0.411. The molecule has 0 saturated carbocycles. The summed E-state index contributed by atoms with van der Waals surface area (Å²) < 4.78 is 14.8. The van der Waals surface area contributed by atoms with Gasteiger partial charge in [-0.1, -0.05) is 46.6 Å². The van der Waals surface area contributed by atoms with Crippen molar-refractivity contribution in [1.29, 1.82) is 0 Å². The van der Waals surface area contributed by atoms with Crippen molar-refractivity contribution in [2.75, 3.05) is 23.7 Å². The van der Waals surface area contributed by atoms with Crippen LogP contribution in [-0.4, -0.2) is 45.2 Å². The van der Waals surface area contributed by atoms with E-state index < -0.39 is 12.2 Å². The fraction of sp³-hybridized carbons (Fsp3) is 0.417. The highest BCUT2D eigenvalue weighted by atomic mass is 19.1. The molecule has 1 saturated heterocycles. The molecule has 0 bridgehead atoms. The SMILES string of the molecule is C=CC(=C)N1CCC(F)C(Nc2nc(N/C(C=C)=C/C)nc3[nH]cc(CC)c23)C1.CC. The molecule has 3 N–H and O–H groups in total. The number of aromatic nitrogens is 3. The Kier molecular flexibility index (Phi) is 8.85. The first-order valence-corrected chi connectivity index (χ1v) is 10.9. The van der Waals surface area contributed by atoms with Gasteiger partial charge in [0.2, 0.25) is 5.95 Å². The number of anilines is 2. The standard InChI is InChI=1S/C22H29FN6.C2H6/c1-6-14(5)29-11-10-17(23)18(13-29)26-21-19-15(7-2)12-24-20(19)27-22(28-21)25-16(8-3)9-4;1-2/h6,8-9,12,17-18H,1,3,5,7,10-11,13H2,2,4H3,(H3,24,25,26,27,28);1-2H3/b16-9+;. The highest BCUT2D eigenvalue weighted by Crippen LogP contribution is 2.29. The first-order valence-electron chi connectivity index (χ1n) is 10.9. The average molecular weight is 427 g/mol. The van der Waals surface area contributed by atoms with Gasteiger partial charge in [-0.25, -0.2) is 4.39 Å². The Morgan fingerprint density at radius 1 is 1.32 bits per heavy atom. The van der Waals surface area contributed by atoms with Gasteiger partial charge in [-0.05, 0) is 37.5 Å². The summed E-state index contributed by atoms with van der Waals surface area (Å²) in [5.74, 6) is 1.05. The van der Waals surface area contributed by atoms with Crippen LogP contribution in [0.25, 0.3) is 11.0 Å². The summed E-state index contributed by atoms with van der Waals surface area (Å²) in [6, 6.07) is -0.411. The third-order valence-electron chi connectivity index (χ3n) is 5.27. The topological polar surface area (TPSA) is 68.9 Å². The first-order chi connectivity index (χ1) is 15.0. The van der Waals surface area contributed by atoms with Gasteiger partial charge in [-0.3, -0.25) is 0 Å². The molecule has 0 aromatic carbocycles. The van der Waals surface area contributed by atoms with Gasteiger partial charge in [0.1, 0.15) is 17.6 Å². The molecular weight excluding hydrogens is 391 g/mol. The summed E-state index contributed by atoms with van der Waals surface area (Å²) in [6.45, 7) is 20.7. The Labute approximate surface area is 185 Å². The minimum atomic E-state index is -0.978. The number of aryl methyl sites for hydroxylation is 1. The largest absolute Gasteiger partial charge is 0.370 e. The molecule has 2 unspecified atom stereocenters. The van der Waals surface area contributed by atoms with Crippen molar-refractivity contribution in [1.82, 2.24) is 19.9 Å². The summed E-state index contributed by atoms with van der Waals surface area (Å²) in [4.78, 5) is 14.5. The lowest BCUT2D eigenvalue weighted by Crippen LogP contribution is -2.48. The van der Waals surface area contributed by atoms with E-state index >= 15 is 0 Å². The normalized spacial score (nSPS) is 18.7. The van der Waals surface area contributed by atoms with Crippen LogP contribution in [0.4, 0.5) is 16.2 Å². The van der Waals surface area contributed by atoms with E-state index in [1.165, 1.54) is 0 Å². The number of nitrogens with zero attached hydrogens (tertiary/aromatic N) is 3. The molecule has 1 fully saturated rings. The number of likely N-dealkylation sites (tertiary alicyclic amines) is 1. The van der Waals surface area contributed by atoms with Crippen LogP contribution in [0.5, 0.6) is 0 Å². The van der Waals surface area contributed by atoms with Gasteiger partial charge in [0.25, 0.3) is 0 Å². The fourth-order valence-electron chi connectivity index (χ4n) is 3.53. The number of halogens is 1. The van der Waals surface area contributed by atoms with E-state index in [0.717, 1.165) is 28.8 Å². The monoisotopic (exact) mass is 426 g/mol. The minimum Gasteiger partial charge on any atom is -0.370 e. The maximum atomic E-state index is 14.8. The Balaban J connectivity index is 0.00000166. The molecule has 1 aliphatic rings. The van der Waals surface area contributed by atoms with Crippen molar-refractivity contribution in [2.45, 2.75) is 52.8 Å². The number of hydrogen-bond acceptors (Lipinski definition) is 5. The maximum absolute atomic E-state index is 14.8. The number of alkyl halides is 1. The number of fused-ring (bicyclic) bond motifs is 1. The lowest BCUT2D eigenvalue weighted by Gasteiger charge is -2.37. The number of rotatable bonds is 8. The Hall–Kier alpha value is -3.09. The van der Waals surface area contributed by atoms with Gasteiger partial charge in [0.05, 0.1) is 11.4 Å². The van der Waals surface area contributed by atoms with Crippen molar-refractivity contribution in [3.8, 4) is 0 Å². The third-order valence-corrected chi connectivity index (χ3v) is 5.27.